The molecule has 0 bridgehead atoms. The van der Waals surface area contributed by atoms with Crippen molar-refractivity contribution in [3.8, 4) is 0 Å². The van der Waals surface area contributed by atoms with Gasteiger partial charge in [-0.25, -0.2) is 0 Å². The van der Waals surface area contributed by atoms with Gasteiger partial charge in [0.1, 0.15) is 11.7 Å². The van der Waals surface area contributed by atoms with Crippen molar-refractivity contribution < 1.29 is 47.6 Å². The number of hydrogen-bond donors (Lipinski definition) is 0. The van der Waals surface area contributed by atoms with Crippen LogP contribution >= 0.6 is 0 Å². The average Bonchev–Trinajstić information content (AvgIpc) is 3.10. The van der Waals surface area contributed by atoms with Gasteiger partial charge in [-0.2, -0.15) is 0 Å². The first kappa shape index (κ1) is 43.2. The summed E-state index contributed by atoms with van der Waals surface area (Å²) in [7, 11) is 0. The summed E-state index contributed by atoms with van der Waals surface area (Å²) >= 11 is 0. The van der Waals surface area contributed by atoms with E-state index in [-0.39, 0.29) is 6.61 Å². The molecule has 1 heterocycles. The van der Waals surface area contributed by atoms with Gasteiger partial charge in [0.25, 0.3) is 0 Å². The van der Waals surface area contributed by atoms with Crippen LogP contribution in [0.5, 0.6) is 0 Å². The lowest BCUT2D eigenvalue weighted by Gasteiger charge is -2.46. The Balaban J connectivity index is 1.96. The van der Waals surface area contributed by atoms with Gasteiger partial charge in [-0.3, -0.25) is 19.2 Å². The van der Waals surface area contributed by atoms with Crippen molar-refractivity contribution in [3.63, 3.8) is 0 Å². The molecule has 1 saturated heterocycles. The maximum atomic E-state index is 13.8. The summed E-state index contributed by atoms with van der Waals surface area (Å²) < 4.78 is 38.2. The summed E-state index contributed by atoms with van der Waals surface area (Å²) in [5, 5.41) is 0. The number of esters is 4. The van der Waals surface area contributed by atoms with Gasteiger partial charge in [0.15, 0.2) is 12.2 Å². The number of carbonyl (C=O) groups excluding carboxylic acids is 4. The zero-order chi connectivity index (χ0) is 41.0. The van der Waals surface area contributed by atoms with Crippen molar-refractivity contribution in [2.75, 3.05) is 6.61 Å². The SMILES string of the molecule is CC(C)(C)C(=O)OC1[C@H](OC(=O)C(C)(C)C)OC(COC(c2ccccc2)(c2ccccc2)c2ccccc2)[C@@H](OC(=O)C(C)(C)C)[C@H]1OC(=O)C(C)(C)C. The Morgan fingerprint density at radius 1 is 0.455 bits per heavy atom. The molecule has 298 valence electrons. The van der Waals surface area contributed by atoms with Crippen molar-refractivity contribution >= 4 is 23.9 Å². The number of ether oxygens (including phenoxy) is 6. The predicted molar refractivity (Wildman–Crippen MR) is 207 cm³/mol. The molecule has 0 aromatic heterocycles. The highest BCUT2D eigenvalue weighted by molar-refractivity contribution is 5.78. The second-order valence-corrected chi connectivity index (χ2v) is 18.1. The summed E-state index contributed by atoms with van der Waals surface area (Å²) in [6.07, 6.45) is -7.21. The molecule has 10 nitrogen and oxygen atoms in total. The number of rotatable bonds is 10. The minimum atomic E-state index is -1.59. The predicted octanol–water partition coefficient (Wildman–Crippen LogP) is 8.18. The van der Waals surface area contributed by atoms with Gasteiger partial charge in [0.05, 0.1) is 28.3 Å². The first-order valence-electron chi connectivity index (χ1n) is 18.8. The summed E-state index contributed by atoms with van der Waals surface area (Å²) in [6.45, 7) is 19.8. The molecule has 2 unspecified atom stereocenters. The van der Waals surface area contributed by atoms with E-state index in [1.54, 1.807) is 83.1 Å². The van der Waals surface area contributed by atoms with Crippen LogP contribution in [0.3, 0.4) is 0 Å². The zero-order valence-electron chi connectivity index (χ0n) is 34.3. The van der Waals surface area contributed by atoms with Crippen LogP contribution in [-0.2, 0) is 53.2 Å². The standard InChI is InChI=1S/C45H58O10/c1-41(2,3)37(46)52-33-32(28-50-45(29-22-16-13-17-23-29,30-24-18-14-19-25-30)31-26-20-15-21-27-31)51-36(55-40(49)44(10,11)12)35(54-39(48)43(7,8)9)34(33)53-38(47)42(4,5)6/h13-27,32-36H,28H2,1-12H3/t32?,33-,34-,35?,36+/m1/s1. The van der Waals surface area contributed by atoms with E-state index in [0.717, 1.165) is 16.7 Å². The van der Waals surface area contributed by atoms with Crippen LogP contribution in [0.2, 0.25) is 0 Å². The van der Waals surface area contributed by atoms with E-state index < -0.39 is 81.8 Å². The van der Waals surface area contributed by atoms with Crippen LogP contribution in [0, 0.1) is 21.7 Å². The van der Waals surface area contributed by atoms with Crippen LogP contribution in [0.4, 0.5) is 0 Å². The van der Waals surface area contributed by atoms with E-state index in [2.05, 4.69) is 0 Å². The van der Waals surface area contributed by atoms with E-state index >= 15 is 0 Å². The maximum Gasteiger partial charge on any atom is 0.313 e. The lowest BCUT2D eigenvalue weighted by Crippen LogP contribution is -2.64. The van der Waals surface area contributed by atoms with Crippen LogP contribution in [0.1, 0.15) is 99.8 Å². The van der Waals surface area contributed by atoms with Gasteiger partial charge < -0.3 is 28.4 Å². The Labute approximate surface area is 326 Å². The lowest BCUT2D eigenvalue weighted by molar-refractivity contribution is -0.309. The molecule has 4 rings (SSSR count). The molecular weight excluding hydrogens is 700 g/mol. The quantitative estimate of drug-likeness (QED) is 0.114. The van der Waals surface area contributed by atoms with Gasteiger partial charge in [0, 0.05) is 0 Å². The molecule has 55 heavy (non-hydrogen) atoms. The second kappa shape index (κ2) is 16.7. The second-order valence-electron chi connectivity index (χ2n) is 18.1. The normalized spacial score (nSPS) is 20.9. The summed E-state index contributed by atoms with van der Waals surface area (Å²) in [6, 6.07) is 29.0. The molecule has 0 aliphatic carbocycles. The fourth-order valence-electron chi connectivity index (χ4n) is 5.67. The zero-order valence-corrected chi connectivity index (χ0v) is 34.3. The minimum Gasteiger partial charge on any atom is -0.455 e. The van der Waals surface area contributed by atoms with Gasteiger partial charge in [-0.1, -0.05) is 91.0 Å². The monoisotopic (exact) mass is 758 g/mol. The Kier molecular flexibility index (Phi) is 13.1. The molecule has 0 radical (unpaired) electrons. The van der Waals surface area contributed by atoms with Crippen LogP contribution in [0.25, 0.3) is 0 Å². The molecule has 10 heteroatoms. The molecule has 3 aromatic carbocycles. The summed E-state index contributed by atoms with van der Waals surface area (Å²) in [5.74, 6) is -2.64. The fraction of sp³-hybridized carbons (Fsp3) is 0.511. The van der Waals surface area contributed by atoms with E-state index in [9.17, 15) is 19.2 Å². The molecule has 0 saturated carbocycles. The number of carbonyl (C=O) groups is 4. The van der Waals surface area contributed by atoms with E-state index in [1.807, 2.05) is 91.0 Å². The minimum absolute atomic E-state index is 0.270. The molecule has 0 spiro atoms. The maximum absolute atomic E-state index is 13.8. The Bertz CT molecular complexity index is 1660. The molecule has 3 aromatic rings. The Hall–Kier alpha value is -4.54. The molecule has 1 fully saturated rings. The van der Waals surface area contributed by atoms with Crippen molar-refractivity contribution in [2.24, 2.45) is 21.7 Å². The summed E-state index contributed by atoms with van der Waals surface area (Å²) in [5.41, 5.74) is -2.86. The van der Waals surface area contributed by atoms with Crippen LogP contribution < -0.4 is 0 Å². The Morgan fingerprint density at radius 2 is 0.764 bits per heavy atom. The van der Waals surface area contributed by atoms with E-state index in [0.29, 0.717) is 0 Å². The van der Waals surface area contributed by atoms with Crippen molar-refractivity contribution in [3.05, 3.63) is 108 Å². The fourth-order valence-corrected chi connectivity index (χ4v) is 5.67. The molecule has 0 amide bonds. The number of benzene rings is 3. The molecule has 1 aliphatic rings. The first-order valence-corrected chi connectivity index (χ1v) is 18.8. The first-order chi connectivity index (χ1) is 25.5. The van der Waals surface area contributed by atoms with Gasteiger partial charge in [-0.15, -0.1) is 0 Å². The Morgan fingerprint density at radius 3 is 1.11 bits per heavy atom. The van der Waals surface area contributed by atoms with Crippen molar-refractivity contribution in [1.29, 1.82) is 0 Å². The van der Waals surface area contributed by atoms with Crippen LogP contribution in [0.15, 0.2) is 91.0 Å². The van der Waals surface area contributed by atoms with Gasteiger partial charge >= 0.3 is 23.9 Å². The third-order valence-electron chi connectivity index (χ3n) is 9.00. The van der Waals surface area contributed by atoms with E-state index in [4.69, 9.17) is 28.4 Å². The average molecular weight is 759 g/mol. The van der Waals surface area contributed by atoms with Crippen molar-refractivity contribution in [2.45, 2.75) is 119 Å². The molecule has 1 aliphatic heterocycles. The highest BCUT2D eigenvalue weighted by atomic mass is 16.7. The molecule has 0 N–H and O–H groups in total. The van der Waals surface area contributed by atoms with Crippen LogP contribution in [-0.4, -0.2) is 61.2 Å². The molecule has 5 atom stereocenters. The molecular formula is C45H58O10. The largest absolute Gasteiger partial charge is 0.455 e. The number of hydrogen-bond acceptors (Lipinski definition) is 10. The summed E-state index contributed by atoms with van der Waals surface area (Å²) in [4.78, 5) is 54.7. The smallest absolute Gasteiger partial charge is 0.313 e. The lowest BCUT2D eigenvalue weighted by atomic mass is 9.80. The third-order valence-corrected chi connectivity index (χ3v) is 9.00. The van der Waals surface area contributed by atoms with Gasteiger partial charge in [0.2, 0.25) is 12.4 Å². The highest BCUT2D eigenvalue weighted by Crippen LogP contribution is 2.42. The van der Waals surface area contributed by atoms with Gasteiger partial charge in [-0.05, 0) is 99.8 Å². The van der Waals surface area contributed by atoms with E-state index in [1.165, 1.54) is 0 Å². The van der Waals surface area contributed by atoms with Crippen molar-refractivity contribution in [1.82, 2.24) is 0 Å². The topological polar surface area (TPSA) is 124 Å². The third kappa shape index (κ3) is 10.4. The highest BCUT2D eigenvalue weighted by Gasteiger charge is 2.56.